The third-order valence-electron chi connectivity index (χ3n) is 13.4. The average molecular weight is 1020 g/mol. The van der Waals surface area contributed by atoms with Gasteiger partial charge in [-0.2, -0.15) is 0 Å². The number of aliphatic hydroxyl groups excluding tert-OH is 5. The molecule has 2 heterocycles. The van der Waals surface area contributed by atoms with Crippen LogP contribution in [0, 0.1) is 23.7 Å². The van der Waals surface area contributed by atoms with Crippen LogP contribution in [0.15, 0.2) is 53.6 Å². The molecule has 1 aromatic rings. The van der Waals surface area contributed by atoms with E-state index in [4.69, 9.17) is 24.4 Å². The number of hydrogen-bond acceptors (Lipinski definition) is 15. The molecule has 0 radical (unpaired) electrons. The summed E-state index contributed by atoms with van der Waals surface area (Å²) < 4.78 is 15.6. The summed E-state index contributed by atoms with van der Waals surface area (Å²) in [7, 11) is 3.67. The molecule has 3 fully saturated rings. The van der Waals surface area contributed by atoms with Crippen LogP contribution in [-0.4, -0.2) is 148 Å². The summed E-state index contributed by atoms with van der Waals surface area (Å²) >= 11 is 0. The molecule has 3 aliphatic rings. The van der Waals surface area contributed by atoms with Gasteiger partial charge in [-0.25, -0.2) is 4.79 Å². The lowest BCUT2D eigenvalue weighted by molar-refractivity contribution is -0.240. The van der Waals surface area contributed by atoms with Gasteiger partial charge in [-0.3, -0.25) is 19.2 Å². The third kappa shape index (κ3) is 25.4. The maximum Gasteiger partial charge on any atom is 0.328 e. The molecule has 10 atom stereocenters. The molecule has 2 aliphatic heterocycles. The Hall–Kier alpha value is -3.87. The number of para-hydroxylation sites is 1. The molecular formula is C56H96N2O14. The van der Waals surface area contributed by atoms with E-state index in [1.165, 1.54) is 23.8 Å². The first-order chi connectivity index (χ1) is 34.1. The van der Waals surface area contributed by atoms with Crippen LogP contribution >= 0.6 is 0 Å². The lowest BCUT2D eigenvalue weighted by Gasteiger charge is -2.39. The number of likely N-dealkylation sites (tertiary alicyclic amines) is 1. The van der Waals surface area contributed by atoms with E-state index in [0.717, 1.165) is 64.9 Å². The van der Waals surface area contributed by atoms with Crippen LogP contribution in [-0.2, 0) is 38.2 Å². The van der Waals surface area contributed by atoms with E-state index in [2.05, 4.69) is 19.2 Å². The number of methoxy groups -OCH3 is 1. The number of nitrogens with zero attached hydrogens (tertiary/aromatic N) is 1. The zero-order chi connectivity index (χ0) is 55.0. The molecule has 1 aliphatic carbocycles. The summed E-state index contributed by atoms with van der Waals surface area (Å²) in [6.07, 6.45) is 13.2. The highest BCUT2D eigenvalue weighted by molar-refractivity contribution is 6.39. The smallest absolute Gasteiger partial charge is 0.328 e. The van der Waals surface area contributed by atoms with Gasteiger partial charge >= 0.3 is 5.97 Å². The number of ketones is 3. The molecule has 0 aromatic heterocycles. The fourth-order valence-corrected chi connectivity index (χ4v) is 8.62. The quantitative estimate of drug-likeness (QED) is 0.0342. The highest BCUT2D eigenvalue weighted by Crippen LogP contribution is 2.32. The van der Waals surface area contributed by atoms with Crippen molar-refractivity contribution in [3.8, 4) is 0 Å². The zero-order valence-electron chi connectivity index (χ0n) is 45.9. The maximum absolute atomic E-state index is 12.8. The Morgan fingerprint density at radius 2 is 1.51 bits per heavy atom. The Bertz CT molecular complexity index is 1760. The number of aliphatic hydroxyl groups is 6. The molecule has 72 heavy (non-hydrogen) atoms. The molecule has 2 saturated heterocycles. The van der Waals surface area contributed by atoms with E-state index >= 15 is 0 Å². The number of carbonyl (C=O) groups excluding carboxylic acids is 5. The molecule has 4 rings (SSSR count). The average Bonchev–Trinajstić information content (AvgIpc) is 3.38. The van der Waals surface area contributed by atoms with Crippen molar-refractivity contribution in [3.63, 3.8) is 0 Å². The van der Waals surface area contributed by atoms with Crippen LogP contribution in [0.2, 0.25) is 0 Å². The molecule has 7 N–H and O–H groups in total. The van der Waals surface area contributed by atoms with Gasteiger partial charge in [0.25, 0.3) is 11.7 Å². The summed E-state index contributed by atoms with van der Waals surface area (Å²) in [5, 5.41) is 58.2. The third-order valence-corrected chi connectivity index (χ3v) is 13.4. The predicted octanol–water partition coefficient (Wildman–Crippen LogP) is 7.30. The molecule has 0 spiro atoms. The van der Waals surface area contributed by atoms with E-state index in [1.54, 1.807) is 27.0 Å². The number of anilines is 1. The summed E-state index contributed by atoms with van der Waals surface area (Å²) in [5.74, 6) is -4.66. The van der Waals surface area contributed by atoms with Gasteiger partial charge in [0.1, 0.15) is 17.6 Å². The van der Waals surface area contributed by atoms with Crippen molar-refractivity contribution in [2.45, 2.75) is 201 Å². The fraction of sp³-hybridized carbons (Fsp3) is 0.732. The lowest BCUT2D eigenvalue weighted by atomic mass is 9.84. The molecule has 1 amide bonds. The Morgan fingerprint density at radius 1 is 0.889 bits per heavy atom. The van der Waals surface area contributed by atoms with Crippen molar-refractivity contribution < 1.29 is 68.8 Å². The van der Waals surface area contributed by atoms with E-state index in [9.17, 15) is 44.4 Å². The van der Waals surface area contributed by atoms with Crippen molar-refractivity contribution in [3.05, 3.63) is 53.6 Å². The van der Waals surface area contributed by atoms with Crippen LogP contribution in [0.25, 0.3) is 0 Å². The number of esters is 1. The van der Waals surface area contributed by atoms with E-state index in [-0.39, 0.29) is 73.6 Å². The Labute approximate surface area is 432 Å². The fourth-order valence-electron chi connectivity index (χ4n) is 8.62. The van der Waals surface area contributed by atoms with Crippen LogP contribution < -0.4 is 5.32 Å². The molecule has 8 unspecified atom stereocenters. The van der Waals surface area contributed by atoms with Crippen LogP contribution in [0.4, 0.5) is 5.69 Å². The minimum atomic E-state index is -2.10. The number of rotatable bonds is 22. The number of allylic oxidation sites excluding steroid dienone is 2. The molecule has 414 valence electrons. The van der Waals surface area contributed by atoms with Crippen molar-refractivity contribution in [2.75, 3.05) is 46.4 Å². The van der Waals surface area contributed by atoms with Crippen molar-refractivity contribution in [1.29, 1.82) is 0 Å². The highest BCUT2D eigenvalue weighted by atomic mass is 16.6. The van der Waals surface area contributed by atoms with Gasteiger partial charge in [0, 0.05) is 64.3 Å². The second-order valence-electron chi connectivity index (χ2n) is 19.9. The van der Waals surface area contributed by atoms with Gasteiger partial charge in [0.15, 0.2) is 0 Å². The van der Waals surface area contributed by atoms with Gasteiger partial charge in [-0.15, -0.1) is 0 Å². The molecular weight excluding hydrogens is 925 g/mol. The van der Waals surface area contributed by atoms with Crippen molar-refractivity contribution in [2.24, 2.45) is 23.7 Å². The summed E-state index contributed by atoms with van der Waals surface area (Å²) in [6.45, 7) is 17.8. The van der Waals surface area contributed by atoms with Crippen molar-refractivity contribution in [1.82, 2.24) is 4.90 Å². The lowest BCUT2D eigenvalue weighted by Crippen LogP contribution is -2.59. The van der Waals surface area contributed by atoms with E-state index in [1.807, 2.05) is 64.1 Å². The van der Waals surface area contributed by atoms with Gasteiger partial charge in [0.05, 0.1) is 37.6 Å². The SMILES string of the molecule is CC(C)COC(=O)C1CCCCN1C(=O)C(=O)C1(O)OCCCC1C.CC/C(C)=C/C(O)CCC(Nc1ccccc1)[C@@H](C)CC(C)C(=O)CC(O)/C(C)=C/CC(C)=O.CO.CO.CO[C@@H]1CCCCC1O. The van der Waals surface area contributed by atoms with Crippen LogP contribution in [0.3, 0.4) is 0 Å². The summed E-state index contributed by atoms with van der Waals surface area (Å²) in [5.41, 5.74) is 2.87. The molecule has 1 saturated carbocycles. The number of benzene rings is 1. The second kappa shape index (κ2) is 37.8. The monoisotopic (exact) mass is 1020 g/mol. The zero-order valence-corrected chi connectivity index (χ0v) is 45.9. The largest absolute Gasteiger partial charge is 0.464 e. The Balaban J connectivity index is 0.00000115. The van der Waals surface area contributed by atoms with Gasteiger partial charge in [-0.05, 0) is 121 Å². The summed E-state index contributed by atoms with van der Waals surface area (Å²) in [4.78, 5) is 62.9. The van der Waals surface area contributed by atoms with E-state index < -0.39 is 47.6 Å². The maximum atomic E-state index is 12.8. The number of amides is 1. The number of Topliss-reactive ketones (excluding diaryl/α,β-unsaturated/α-hetero) is 3. The molecule has 1 aromatic carbocycles. The number of carbonyl (C=O) groups is 5. The minimum Gasteiger partial charge on any atom is -0.464 e. The first kappa shape index (κ1) is 68.1. The standard InChI is InChI=1S/C29H45NO4.C18H29NO6.C7H14O2.2CH4O/c1-7-20(2)17-26(32)15-16-27(30-25-11-9-8-10-12-25)22(4)18-23(5)29(34)19-28(33)21(3)13-14-24(6)31;1-12(2)11-24-17(22)14-8-4-5-9-19(14)16(21)15(20)18(23)13(3)7-6-10-25-18;1-9-7-5-3-2-4-6(7)8;2*1-2/h8-13,17,22-23,26-28,30,32-33H,7,14-16,18-19H2,1-6H3;12-14,23H,4-11H2,1-3H3;6-8H,2-5H2,1H3;2*2H,1H3/b20-17+,21-13+;;;;/t22-,23?,26?,27?,28?;;6?,7-;;/m0.1../s1. The highest BCUT2D eigenvalue weighted by Gasteiger charge is 2.50. The van der Waals surface area contributed by atoms with Crippen LogP contribution in [0.5, 0.6) is 0 Å². The normalized spacial score (nSPS) is 23.2. The molecule has 16 heteroatoms. The number of piperidine rings is 1. The predicted molar refractivity (Wildman–Crippen MR) is 282 cm³/mol. The first-order valence-electron chi connectivity index (χ1n) is 26.2. The number of ether oxygens (including phenoxy) is 3. The first-order valence-corrected chi connectivity index (χ1v) is 26.2. The van der Waals surface area contributed by atoms with E-state index in [0.29, 0.717) is 44.2 Å². The number of nitrogens with one attached hydrogen (secondary N) is 1. The van der Waals surface area contributed by atoms with Gasteiger partial charge in [-0.1, -0.05) is 90.3 Å². The number of hydrogen-bond donors (Lipinski definition) is 7. The second-order valence-corrected chi connectivity index (χ2v) is 19.9. The Morgan fingerprint density at radius 3 is 2.07 bits per heavy atom. The Kier molecular flexibility index (Phi) is 35.8. The summed E-state index contributed by atoms with van der Waals surface area (Å²) in [6, 6.07) is 9.33. The van der Waals surface area contributed by atoms with Gasteiger partial charge in [0.2, 0.25) is 5.79 Å². The van der Waals surface area contributed by atoms with Gasteiger partial charge < -0.3 is 55.1 Å². The molecule has 16 nitrogen and oxygen atoms in total. The van der Waals surface area contributed by atoms with Crippen molar-refractivity contribution >= 4 is 34.9 Å². The van der Waals surface area contributed by atoms with Crippen LogP contribution in [0.1, 0.15) is 159 Å². The topological polar surface area (TPSA) is 250 Å². The minimum absolute atomic E-state index is 0.0231. The molecule has 0 bridgehead atoms.